The average molecular weight is 850 g/mol. The molecule has 1 aliphatic carbocycles. The molecule has 8 bridgehead atoms. The number of ether oxygens (including phenoxy) is 3. The van der Waals surface area contributed by atoms with Crippen LogP contribution in [0.4, 0.5) is 5.69 Å². The van der Waals surface area contributed by atoms with Gasteiger partial charge in [0, 0.05) is 80.7 Å². The quantitative estimate of drug-likeness (QED) is 0.0827. The van der Waals surface area contributed by atoms with Crippen molar-refractivity contribution in [3.8, 4) is 23.3 Å². The molecule has 3 heterocycles. The number of carbonyl (C=O) groups is 3. The number of anilines is 1. The largest absolute Gasteiger partial charge is 0.508 e. The van der Waals surface area contributed by atoms with Crippen LogP contribution in [0.1, 0.15) is 110 Å². The van der Waals surface area contributed by atoms with Crippen molar-refractivity contribution < 1.29 is 54.1 Å². The first kappa shape index (κ1) is 45.0. The molecule has 4 aliphatic rings. The van der Waals surface area contributed by atoms with Crippen molar-refractivity contribution in [1.29, 1.82) is 0 Å². The van der Waals surface area contributed by atoms with Gasteiger partial charge < -0.3 is 45.1 Å². The predicted molar refractivity (Wildman–Crippen MR) is 231 cm³/mol. The summed E-state index contributed by atoms with van der Waals surface area (Å²) in [4.78, 5) is 41.5. The lowest BCUT2D eigenvalue weighted by atomic mass is 9.66. The molecule has 7 rings (SSSR count). The Labute approximate surface area is 363 Å². The van der Waals surface area contributed by atoms with Crippen LogP contribution in [0.3, 0.4) is 0 Å². The van der Waals surface area contributed by atoms with Crippen molar-refractivity contribution >= 4 is 23.4 Å². The first-order valence-corrected chi connectivity index (χ1v) is 21.9. The lowest BCUT2D eigenvalue weighted by molar-refractivity contribution is -0.176. The number of phenolic OH excluding ortho intramolecular Hbond substituents is 1. The zero-order valence-corrected chi connectivity index (χ0v) is 35.8. The predicted octanol–water partition coefficient (Wildman–Crippen LogP) is 5.72. The number of rotatable bonds is 10. The molecule has 0 spiro atoms. The van der Waals surface area contributed by atoms with Gasteiger partial charge in [-0.25, -0.2) is 4.79 Å². The van der Waals surface area contributed by atoms with E-state index in [-0.39, 0.29) is 80.4 Å². The second-order valence-electron chi connectivity index (χ2n) is 18.0. The first-order chi connectivity index (χ1) is 29.7. The number of methoxy groups -OCH3 is 1. The Kier molecular flexibility index (Phi) is 13.9. The number of aromatic hydroxyl groups is 1. The molecule has 3 aromatic rings. The maximum absolute atomic E-state index is 14.9. The second-order valence-corrected chi connectivity index (χ2v) is 18.0. The molecule has 0 saturated heterocycles. The van der Waals surface area contributed by atoms with Crippen LogP contribution in [0.25, 0.3) is 0 Å². The highest BCUT2D eigenvalue weighted by Gasteiger charge is 2.49. The van der Waals surface area contributed by atoms with E-state index >= 15 is 0 Å². The molecular weight excluding hydrogens is 791 g/mol. The summed E-state index contributed by atoms with van der Waals surface area (Å²) in [6.45, 7) is 3.84. The second kappa shape index (κ2) is 19.2. The number of phenols is 1. The number of nitrogens with one attached hydrogen (secondary N) is 1. The Balaban J connectivity index is 1.40. The number of Topliss-reactive ketones (excluding diaryl/α,β-unsaturated/α-hetero) is 1. The van der Waals surface area contributed by atoms with Crippen LogP contribution in [0.15, 0.2) is 66.2 Å². The minimum atomic E-state index is -1.63. The van der Waals surface area contributed by atoms with Crippen molar-refractivity contribution in [3.63, 3.8) is 0 Å². The number of aliphatic hydroxyl groups is 4. The molecule has 0 radical (unpaired) electrons. The Morgan fingerprint density at radius 1 is 0.984 bits per heavy atom. The lowest BCUT2D eigenvalue weighted by Crippen LogP contribution is -2.54. The summed E-state index contributed by atoms with van der Waals surface area (Å²) < 4.78 is 17.3. The van der Waals surface area contributed by atoms with E-state index in [0.717, 1.165) is 11.1 Å². The molecule has 6 N–H and O–H groups in total. The number of ketones is 1. The van der Waals surface area contributed by atoms with Gasteiger partial charge in [-0.2, -0.15) is 0 Å². The Hall–Kier alpha value is -5.03. The summed E-state index contributed by atoms with van der Waals surface area (Å²) in [5.41, 5.74) is 1.81. The molecule has 0 aromatic heterocycles. The van der Waals surface area contributed by atoms with Crippen LogP contribution >= 0.6 is 0 Å². The maximum Gasteiger partial charge on any atom is 0.334 e. The van der Waals surface area contributed by atoms with Crippen LogP contribution in [0.2, 0.25) is 0 Å². The average Bonchev–Trinajstić information content (AvgIpc) is 3.24. The molecule has 1 fully saturated rings. The molecule has 8 atom stereocenters. The summed E-state index contributed by atoms with van der Waals surface area (Å²) >= 11 is 0. The minimum Gasteiger partial charge on any atom is -0.508 e. The summed E-state index contributed by atoms with van der Waals surface area (Å²) in [7, 11) is 1.57. The summed E-state index contributed by atoms with van der Waals surface area (Å²) in [6, 6.07) is 16.2. The summed E-state index contributed by atoms with van der Waals surface area (Å²) in [6.07, 6.45) is 1.71. The molecule has 0 amide bonds. The zero-order valence-electron chi connectivity index (χ0n) is 35.8. The van der Waals surface area contributed by atoms with Crippen LogP contribution < -0.4 is 10.1 Å². The standard InChI is InChI=1S/C50H59NO11/c1-4-12-50(59)39-10-11-43(54)36(21-39)16-30-6-5-7-31(15-30)19-41(53)23-38-20-33(35-17-32(28-52)18-40(22-35)51-29-49(2,58)13-14-60-3)8-9-34-26-47(56)61-45-27-44(55)37(24-42(34)45)25-46(50)62-48(38)57/h5-7,15,17-18,22-24,27,33-34,36,39,41,46,51-53,55,58-59H,4,10-14,16,19-21,25-26,28-29H2,1-3H3/b38-23-/t33-,34+,36+,39+,41-,46+,49-,50-/m0/s1. The lowest BCUT2D eigenvalue weighted by Gasteiger charge is -2.45. The SMILES string of the molecule is CCC[C@]1(O)[C@@H]2CCC(=O)[C@H](Cc3cccc(c3)C[C@H](O)/C=C3/C[C@@H](c4cc(CO)cc(NC[C@@](C)(O)CCOC)c4)C#C[C@@H]4CC(=O)Oc5cc(O)c(cc54)C[C@H]1OC3=O)C2. The normalized spacial score (nSPS) is 28.1. The molecule has 0 unspecified atom stereocenters. The van der Waals surface area contributed by atoms with E-state index in [2.05, 4.69) is 17.2 Å². The Bertz CT molecular complexity index is 2250. The van der Waals surface area contributed by atoms with Crippen LogP contribution in [-0.2, 0) is 49.7 Å². The maximum atomic E-state index is 14.9. The fourth-order valence-corrected chi connectivity index (χ4v) is 9.65. The molecule has 12 heteroatoms. The van der Waals surface area contributed by atoms with E-state index in [0.29, 0.717) is 66.7 Å². The Morgan fingerprint density at radius 3 is 2.52 bits per heavy atom. The van der Waals surface area contributed by atoms with Crippen LogP contribution in [-0.4, -0.2) is 86.9 Å². The molecule has 330 valence electrons. The van der Waals surface area contributed by atoms with Gasteiger partial charge in [-0.3, -0.25) is 9.59 Å². The first-order valence-electron chi connectivity index (χ1n) is 21.9. The fourth-order valence-electron chi connectivity index (χ4n) is 9.65. The number of carbonyl (C=O) groups excluding carboxylic acids is 3. The van der Waals surface area contributed by atoms with E-state index in [4.69, 9.17) is 14.2 Å². The van der Waals surface area contributed by atoms with Crippen molar-refractivity contribution in [2.24, 2.45) is 11.8 Å². The van der Waals surface area contributed by atoms with E-state index in [1.54, 1.807) is 32.2 Å². The highest BCUT2D eigenvalue weighted by atomic mass is 16.6. The van der Waals surface area contributed by atoms with Gasteiger partial charge in [0.15, 0.2) is 0 Å². The zero-order chi connectivity index (χ0) is 44.2. The molecule has 12 nitrogen and oxygen atoms in total. The third kappa shape index (κ3) is 10.4. The number of hydrogen-bond donors (Lipinski definition) is 6. The van der Waals surface area contributed by atoms with Crippen LogP contribution in [0.5, 0.6) is 11.5 Å². The molecule has 3 aliphatic heterocycles. The number of esters is 2. The van der Waals surface area contributed by atoms with Crippen molar-refractivity contribution in [1.82, 2.24) is 0 Å². The van der Waals surface area contributed by atoms with Gasteiger partial charge in [0.25, 0.3) is 0 Å². The van der Waals surface area contributed by atoms with Crippen molar-refractivity contribution in [2.45, 2.75) is 126 Å². The number of hydrogen-bond acceptors (Lipinski definition) is 12. The third-order valence-corrected chi connectivity index (χ3v) is 13.1. The molecule has 62 heavy (non-hydrogen) atoms. The fraction of sp³-hybridized carbons (Fsp3) is 0.500. The number of fused-ring (bicyclic) bond motifs is 8. The molecular formula is C50H59NO11. The van der Waals surface area contributed by atoms with Gasteiger partial charge >= 0.3 is 11.9 Å². The summed E-state index contributed by atoms with van der Waals surface area (Å²) in [5, 5.41) is 61.0. The monoisotopic (exact) mass is 849 g/mol. The highest BCUT2D eigenvalue weighted by molar-refractivity contribution is 5.89. The molecule has 1 saturated carbocycles. The van der Waals surface area contributed by atoms with E-state index in [9.17, 15) is 39.9 Å². The minimum absolute atomic E-state index is 0.0609. The van der Waals surface area contributed by atoms with Crippen molar-refractivity contribution in [3.05, 3.63) is 99.6 Å². The topological polar surface area (TPSA) is 192 Å². The third-order valence-electron chi connectivity index (χ3n) is 13.1. The van der Waals surface area contributed by atoms with Crippen LogP contribution in [0, 0.1) is 23.7 Å². The van der Waals surface area contributed by atoms with E-state index in [1.807, 2.05) is 37.3 Å². The van der Waals surface area contributed by atoms with Gasteiger partial charge in [0.2, 0.25) is 0 Å². The number of benzene rings is 3. The van der Waals surface area contributed by atoms with Gasteiger partial charge in [-0.15, -0.1) is 0 Å². The summed E-state index contributed by atoms with van der Waals surface area (Å²) in [5.74, 6) is 3.21. The van der Waals surface area contributed by atoms with Crippen molar-refractivity contribution in [2.75, 3.05) is 25.6 Å². The van der Waals surface area contributed by atoms with Gasteiger partial charge in [0.1, 0.15) is 29.0 Å². The van der Waals surface area contributed by atoms with Gasteiger partial charge in [-0.05, 0) is 97.0 Å². The Morgan fingerprint density at radius 2 is 1.76 bits per heavy atom. The number of aliphatic hydroxyl groups excluding tert-OH is 2. The smallest absolute Gasteiger partial charge is 0.334 e. The van der Waals surface area contributed by atoms with Gasteiger partial charge in [-0.1, -0.05) is 55.5 Å². The van der Waals surface area contributed by atoms with E-state index < -0.39 is 53.1 Å². The highest BCUT2D eigenvalue weighted by Crippen LogP contribution is 2.45. The van der Waals surface area contributed by atoms with E-state index in [1.165, 1.54) is 12.1 Å². The molecule has 3 aromatic carbocycles. The van der Waals surface area contributed by atoms with Gasteiger partial charge in [0.05, 0.1) is 30.7 Å².